The van der Waals surface area contributed by atoms with Gasteiger partial charge in [-0.2, -0.15) is 0 Å². The SMILES string of the molecule is CC(OC(=O)c1ccc2c(c1)C(=O)N(c1ccccc1Cl)C2=O)C(=O)NC(C)c1ccccc1. The third kappa shape index (κ3) is 4.43. The zero-order chi connectivity index (χ0) is 24.4. The highest BCUT2D eigenvalue weighted by Gasteiger charge is 2.38. The smallest absolute Gasteiger partial charge is 0.338 e. The standard InChI is InChI=1S/C26H21ClN2O5/c1-15(17-8-4-3-5-9-17)28-23(30)16(2)34-26(33)18-12-13-19-20(14-18)25(32)29(24(19)31)22-11-7-6-10-21(22)27/h3-16H,1-2H3,(H,28,30). The molecular formula is C26H21ClN2O5. The Hall–Kier alpha value is -3.97. The summed E-state index contributed by atoms with van der Waals surface area (Å²) in [7, 11) is 0. The number of hydrogen-bond acceptors (Lipinski definition) is 5. The minimum Gasteiger partial charge on any atom is -0.449 e. The Bertz CT molecular complexity index is 1290. The highest BCUT2D eigenvalue weighted by molar-refractivity contribution is 6.39. The highest BCUT2D eigenvalue weighted by atomic mass is 35.5. The summed E-state index contributed by atoms with van der Waals surface area (Å²) in [4.78, 5) is 51.9. The molecule has 0 aliphatic carbocycles. The molecule has 34 heavy (non-hydrogen) atoms. The van der Waals surface area contributed by atoms with Crippen LogP contribution in [-0.2, 0) is 9.53 Å². The van der Waals surface area contributed by atoms with E-state index in [2.05, 4.69) is 5.32 Å². The molecule has 172 valence electrons. The number of anilines is 1. The number of benzene rings is 3. The lowest BCUT2D eigenvalue weighted by Crippen LogP contribution is -2.37. The second kappa shape index (κ2) is 9.49. The summed E-state index contributed by atoms with van der Waals surface area (Å²) in [6, 6.07) is 19.7. The molecule has 0 fully saturated rings. The van der Waals surface area contributed by atoms with Crippen molar-refractivity contribution in [2.45, 2.75) is 26.0 Å². The van der Waals surface area contributed by atoms with E-state index in [-0.39, 0.29) is 33.4 Å². The van der Waals surface area contributed by atoms with Crippen molar-refractivity contribution in [3.63, 3.8) is 0 Å². The van der Waals surface area contributed by atoms with Crippen LogP contribution < -0.4 is 10.2 Å². The van der Waals surface area contributed by atoms with Crippen LogP contribution in [0.5, 0.6) is 0 Å². The molecule has 3 aromatic carbocycles. The van der Waals surface area contributed by atoms with Crippen LogP contribution >= 0.6 is 11.6 Å². The second-order valence-electron chi connectivity index (χ2n) is 7.85. The first-order chi connectivity index (χ1) is 16.3. The number of imide groups is 1. The minimum atomic E-state index is -1.07. The summed E-state index contributed by atoms with van der Waals surface area (Å²) >= 11 is 6.16. The number of rotatable bonds is 6. The summed E-state index contributed by atoms with van der Waals surface area (Å²) in [5.74, 6) is -2.36. The fraction of sp³-hybridized carbons (Fsp3) is 0.154. The van der Waals surface area contributed by atoms with Crippen LogP contribution in [0.25, 0.3) is 0 Å². The zero-order valence-electron chi connectivity index (χ0n) is 18.4. The molecule has 0 aromatic heterocycles. The van der Waals surface area contributed by atoms with Gasteiger partial charge in [0.1, 0.15) is 0 Å². The van der Waals surface area contributed by atoms with Gasteiger partial charge in [0, 0.05) is 0 Å². The van der Waals surface area contributed by atoms with Crippen molar-refractivity contribution < 1.29 is 23.9 Å². The van der Waals surface area contributed by atoms with Crippen molar-refractivity contribution in [2.75, 3.05) is 4.90 Å². The van der Waals surface area contributed by atoms with Gasteiger partial charge in [-0.3, -0.25) is 14.4 Å². The quantitative estimate of drug-likeness (QED) is 0.415. The Morgan fingerprint density at radius 3 is 2.24 bits per heavy atom. The van der Waals surface area contributed by atoms with E-state index in [1.807, 2.05) is 37.3 Å². The average molecular weight is 477 g/mol. The summed E-state index contributed by atoms with van der Waals surface area (Å²) < 4.78 is 5.31. The Balaban J connectivity index is 1.47. The largest absolute Gasteiger partial charge is 0.449 e. The van der Waals surface area contributed by atoms with Gasteiger partial charge in [-0.15, -0.1) is 0 Å². The number of para-hydroxylation sites is 1. The van der Waals surface area contributed by atoms with Gasteiger partial charge in [0.05, 0.1) is 33.4 Å². The molecule has 2 unspecified atom stereocenters. The maximum atomic E-state index is 13.0. The van der Waals surface area contributed by atoms with E-state index < -0.39 is 29.8 Å². The fourth-order valence-corrected chi connectivity index (χ4v) is 3.88. The Labute approximate surface area is 201 Å². The number of esters is 1. The molecule has 7 nitrogen and oxygen atoms in total. The van der Waals surface area contributed by atoms with E-state index >= 15 is 0 Å². The maximum Gasteiger partial charge on any atom is 0.338 e. The van der Waals surface area contributed by atoms with E-state index in [1.54, 1.807) is 24.3 Å². The maximum absolute atomic E-state index is 13.0. The van der Waals surface area contributed by atoms with Crippen LogP contribution in [-0.4, -0.2) is 29.8 Å². The first kappa shape index (κ1) is 23.2. The molecule has 0 saturated heterocycles. The molecule has 0 saturated carbocycles. The Morgan fingerprint density at radius 1 is 0.882 bits per heavy atom. The number of carbonyl (C=O) groups excluding carboxylic acids is 4. The van der Waals surface area contributed by atoms with Gasteiger partial charge in [-0.25, -0.2) is 9.69 Å². The van der Waals surface area contributed by atoms with Gasteiger partial charge in [-0.1, -0.05) is 54.1 Å². The van der Waals surface area contributed by atoms with Gasteiger partial charge >= 0.3 is 5.97 Å². The van der Waals surface area contributed by atoms with E-state index in [1.165, 1.54) is 25.1 Å². The Morgan fingerprint density at radius 2 is 1.53 bits per heavy atom. The van der Waals surface area contributed by atoms with Gasteiger partial charge in [0.25, 0.3) is 17.7 Å². The van der Waals surface area contributed by atoms with Gasteiger partial charge < -0.3 is 10.1 Å². The number of nitrogens with one attached hydrogen (secondary N) is 1. The first-order valence-electron chi connectivity index (χ1n) is 10.6. The van der Waals surface area contributed by atoms with Crippen molar-refractivity contribution in [3.8, 4) is 0 Å². The molecule has 1 N–H and O–H groups in total. The van der Waals surface area contributed by atoms with Gasteiger partial charge in [-0.05, 0) is 49.7 Å². The lowest BCUT2D eigenvalue weighted by atomic mass is 10.1. The number of nitrogens with zero attached hydrogens (tertiary/aromatic N) is 1. The van der Waals surface area contributed by atoms with Gasteiger partial charge in [0.15, 0.2) is 6.10 Å². The first-order valence-corrected chi connectivity index (χ1v) is 11.0. The number of halogens is 1. The van der Waals surface area contributed by atoms with Crippen LogP contribution in [0.3, 0.4) is 0 Å². The molecule has 3 aromatic rings. The number of ether oxygens (including phenoxy) is 1. The van der Waals surface area contributed by atoms with Crippen LogP contribution in [0.2, 0.25) is 5.02 Å². The van der Waals surface area contributed by atoms with E-state index in [0.717, 1.165) is 10.5 Å². The van der Waals surface area contributed by atoms with Crippen LogP contribution in [0.4, 0.5) is 5.69 Å². The molecule has 0 radical (unpaired) electrons. The van der Waals surface area contributed by atoms with Crippen molar-refractivity contribution >= 4 is 41.0 Å². The lowest BCUT2D eigenvalue weighted by Gasteiger charge is -2.18. The van der Waals surface area contributed by atoms with E-state index in [0.29, 0.717) is 0 Å². The molecule has 0 spiro atoms. The normalized spacial score (nSPS) is 14.4. The number of hydrogen-bond donors (Lipinski definition) is 1. The lowest BCUT2D eigenvalue weighted by molar-refractivity contribution is -0.129. The number of fused-ring (bicyclic) bond motifs is 1. The monoisotopic (exact) mass is 476 g/mol. The van der Waals surface area contributed by atoms with Crippen molar-refractivity contribution in [1.82, 2.24) is 5.32 Å². The predicted octanol–water partition coefficient (Wildman–Crippen LogP) is 4.56. The van der Waals surface area contributed by atoms with Crippen molar-refractivity contribution in [2.24, 2.45) is 0 Å². The minimum absolute atomic E-state index is 0.0525. The van der Waals surface area contributed by atoms with Crippen LogP contribution in [0.15, 0.2) is 72.8 Å². The predicted molar refractivity (Wildman–Crippen MR) is 127 cm³/mol. The van der Waals surface area contributed by atoms with Crippen LogP contribution in [0.1, 0.15) is 56.5 Å². The number of amides is 3. The molecule has 1 aliphatic heterocycles. The summed E-state index contributed by atoms with van der Waals surface area (Å²) in [6.07, 6.45) is -1.07. The van der Waals surface area contributed by atoms with E-state index in [4.69, 9.17) is 16.3 Å². The summed E-state index contributed by atoms with van der Waals surface area (Å²) in [5.41, 5.74) is 1.45. The zero-order valence-corrected chi connectivity index (χ0v) is 19.2. The molecule has 1 aliphatic rings. The molecule has 4 rings (SSSR count). The molecule has 0 bridgehead atoms. The topological polar surface area (TPSA) is 92.8 Å². The van der Waals surface area contributed by atoms with Crippen molar-refractivity contribution in [1.29, 1.82) is 0 Å². The average Bonchev–Trinajstić information content (AvgIpc) is 3.09. The third-order valence-electron chi connectivity index (χ3n) is 5.53. The highest BCUT2D eigenvalue weighted by Crippen LogP contribution is 2.33. The fourth-order valence-electron chi connectivity index (χ4n) is 3.66. The Kier molecular flexibility index (Phi) is 6.47. The van der Waals surface area contributed by atoms with E-state index in [9.17, 15) is 19.2 Å². The van der Waals surface area contributed by atoms with Gasteiger partial charge in [0.2, 0.25) is 0 Å². The van der Waals surface area contributed by atoms with Crippen molar-refractivity contribution in [3.05, 3.63) is 100 Å². The molecule has 2 atom stereocenters. The molecule has 8 heteroatoms. The number of carbonyl (C=O) groups is 4. The summed E-state index contributed by atoms with van der Waals surface area (Å²) in [5, 5.41) is 3.05. The molecule has 3 amide bonds. The molecular weight excluding hydrogens is 456 g/mol. The third-order valence-corrected chi connectivity index (χ3v) is 5.85. The van der Waals surface area contributed by atoms with Crippen LogP contribution in [0, 0.1) is 0 Å². The summed E-state index contributed by atoms with van der Waals surface area (Å²) in [6.45, 7) is 3.29. The molecule has 1 heterocycles. The second-order valence-corrected chi connectivity index (χ2v) is 8.25.